The summed E-state index contributed by atoms with van der Waals surface area (Å²) in [5, 5.41) is 0. The van der Waals surface area contributed by atoms with Crippen LogP contribution < -0.4 is 0 Å². The van der Waals surface area contributed by atoms with Crippen molar-refractivity contribution in [3.63, 3.8) is 0 Å². The minimum absolute atomic E-state index is 0.0853. The highest BCUT2D eigenvalue weighted by molar-refractivity contribution is 7.91. The molecule has 0 aromatic carbocycles. The fourth-order valence-corrected chi connectivity index (χ4v) is 3.06. The van der Waals surface area contributed by atoms with Crippen molar-refractivity contribution in [2.24, 2.45) is 0 Å². The summed E-state index contributed by atoms with van der Waals surface area (Å²) >= 11 is 0. The molecule has 0 aromatic heterocycles. The van der Waals surface area contributed by atoms with Crippen LogP contribution in [-0.4, -0.2) is 46.4 Å². The van der Waals surface area contributed by atoms with Crippen molar-refractivity contribution >= 4 is 9.84 Å². The van der Waals surface area contributed by atoms with Crippen molar-refractivity contribution in [1.82, 2.24) is 0 Å². The summed E-state index contributed by atoms with van der Waals surface area (Å²) in [5.41, 5.74) is 0. The van der Waals surface area contributed by atoms with Gasteiger partial charge in [0, 0.05) is 14.2 Å². The third-order valence-corrected chi connectivity index (χ3v) is 3.53. The Balaban J connectivity index is 2.70. The molecule has 2 unspecified atom stereocenters. The molecule has 0 saturated carbocycles. The van der Waals surface area contributed by atoms with Crippen LogP contribution in [0.4, 0.5) is 0 Å². The molecule has 1 rings (SSSR count). The van der Waals surface area contributed by atoms with E-state index in [1.54, 1.807) is 0 Å². The maximum Gasteiger partial charge on any atom is 0.155 e. The van der Waals surface area contributed by atoms with Crippen LogP contribution in [0.3, 0.4) is 0 Å². The molecule has 0 aromatic rings. The Morgan fingerprint density at radius 3 is 1.73 bits per heavy atom. The lowest BCUT2D eigenvalue weighted by Crippen LogP contribution is -2.27. The van der Waals surface area contributed by atoms with E-state index in [9.17, 15) is 8.42 Å². The average molecular weight is 180 g/mol. The second-order valence-electron chi connectivity index (χ2n) is 2.63. The predicted octanol–water partition coefficient (Wildman–Crippen LogP) is -0.555. The summed E-state index contributed by atoms with van der Waals surface area (Å²) < 4.78 is 31.9. The Morgan fingerprint density at radius 1 is 1.09 bits per heavy atom. The van der Waals surface area contributed by atoms with Gasteiger partial charge in [0.15, 0.2) is 9.84 Å². The van der Waals surface area contributed by atoms with Crippen LogP contribution >= 0.6 is 0 Å². The summed E-state index contributed by atoms with van der Waals surface area (Å²) in [6.07, 6.45) is -0.574. The lowest BCUT2D eigenvalue weighted by atomic mass is 10.3. The van der Waals surface area contributed by atoms with Crippen LogP contribution in [0.2, 0.25) is 0 Å². The molecule has 1 aliphatic rings. The second-order valence-corrected chi connectivity index (χ2v) is 4.78. The van der Waals surface area contributed by atoms with E-state index >= 15 is 0 Å². The zero-order chi connectivity index (χ0) is 8.48. The van der Waals surface area contributed by atoms with Crippen molar-refractivity contribution in [3.8, 4) is 0 Å². The number of hydrogen-bond donors (Lipinski definition) is 0. The molecular weight excluding hydrogens is 168 g/mol. The minimum Gasteiger partial charge on any atom is -0.378 e. The lowest BCUT2D eigenvalue weighted by Gasteiger charge is -2.13. The van der Waals surface area contributed by atoms with Crippen molar-refractivity contribution in [2.45, 2.75) is 12.2 Å². The number of rotatable bonds is 2. The van der Waals surface area contributed by atoms with Crippen LogP contribution in [0.15, 0.2) is 0 Å². The van der Waals surface area contributed by atoms with Crippen LogP contribution in [0, 0.1) is 0 Å². The van der Waals surface area contributed by atoms with Gasteiger partial charge in [-0.3, -0.25) is 0 Å². The Morgan fingerprint density at radius 2 is 1.45 bits per heavy atom. The van der Waals surface area contributed by atoms with E-state index < -0.39 is 9.84 Å². The number of methoxy groups -OCH3 is 2. The van der Waals surface area contributed by atoms with Crippen LogP contribution in [0.1, 0.15) is 0 Å². The van der Waals surface area contributed by atoms with Gasteiger partial charge >= 0.3 is 0 Å². The van der Waals surface area contributed by atoms with Crippen molar-refractivity contribution in [1.29, 1.82) is 0 Å². The highest BCUT2D eigenvalue weighted by atomic mass is 32.2. The fraction of sp³-hybridized carbons (Fsp3) is 1.00. The molecule has 66 valence electrons. The van der Waals surface area contributed by atoms with Gasteiger partial charge in [-0.15, -0.1) is 0 Å². The first-order chi connectivity index (χ1) is 5.09. The second kappa shape index (κ2) is 3.08. The minimum atomic E-state index is -2.92. The largest absolute Gasteiger partial charge is 0.378 e. The zero-order valence-corrected chi connectivity index (χ0v) is 7.43. The van der Waals surface area contributed by atoms with Gasteiger partial charge in [0.2, 0.25) is 0 Å². The summed E-state index contributed by atoms with van der Waals surface area (Å²) in [4.78, 5) is 0. The third kappa shape index (κ3) is 1.91. The Kier molecular flexibility index (Phi) is 2.51. The van der Waals surface area contributed by atoms with E-state index in [2.05, 4.69) is 0 Å². The third-order valence-electron chi connectivity index (χ3n) is 1.86. The Labute approximate surface area is 66.4 Å². The smallest absolute Gasteiger partial charge is 0.155 e. The van der Waals surface area contributed by atoms with Crippen LogP contribution in [-0.2, 0) is 19.3 Å². The fourth-order valence-electron chi connectivity index (χ4n) is 1.22. The van der Waals surface area contributed by atoms with Gasteiger partial charge in [0.25, 0.3) is 0 Å². The lowest BCUT2D eigenvalue weighted by molar-refractivity contribution is -0.00461. The van der Waals surface area contributed by atoms with Crippen LogP contribution in [0.25, 0.3) is 0 Å². The maximum absolute atomic E-state index is 11.0. The molecule has 0 bridgehead atoms. The molecule has 0 spiro atoms. The van der Waals surface area contributed by atoms with Crippen molar-refractivity contribution < 1.29 is 17.9 Å². The summed E-state index contributed by atoms with van der Waals surface area (Å²) in [6, 6.07) is 0. The standard InChI is InChI=1S/C6H12O4S/c1-9-5-3-11(7,8)4-6(5)10-2/h5-6H,3-4H2,1-2H3. The van der Waals surface area contributed by atoms with E-state index in [1.807, 2.05) is 0 Å². The van der Waals surface area contributed by atoms with Gasteiger partial charge in [-0.1, -0.05) is 0 Å². The summed E-state index contributed by atoms with van der Waals surface area (Å²) in [5.74, 6) is 0.171. The highest BCUT2D eigenvalue weighted by Gasteiger charge is 2.37. The molecule has 0 amide bonds. The Hall–Kier alpha value is -0.130. The predicted molar refractivity (Wildman–Crippen MR) is 40.2 cm³/mol. The van der Waals surface area contributed by atoms with Gasteiger partial charge in [-0.05, 0) is 0 Å². The molecule has 11 heavy (non-hydrogen) atoms. The average Bonchev–Trinajstić information content (AvgIpc) is 2.25. The quantitative estimate of drug-likeness (QED) is 0.572. The summed E-state index contributed by atoms with van der Waals surface area (Å²) in [7, 11) is 0.0762. The van der Waals surface area contributed by atoms with Gasteiger partial charge < -0.3 is 9.47 Å². The molecule has 2 atom stereocenters. The molecule has 1 aliphatic heterocycles. The Bertz CT molecular complexity index is 203. The number of hydrogen-bond acceptors (Lipinski definition) is 4. The first-order valence-electron chi connectivity index (χ1n) is 3.35. The molecule has 1 heterocycles. The van der Waals surface area contributed by atoms with Gasteiger partial charge in [-0.25, -0.2) is 8.42 Å². The molecule has 5 heteroatoms. The van der Waals surface area contributed by atoms with E-state index in [0.717, 1.165) is 0 Å². The van der Waals surface area contributed by atoms with Gasteiger partial charge in [-0.2, -0.15) is 0 Å². The first-order valence-corrected chi connectivity index (χ1v) is 5.17. The molecule has 0 N–H and O–H groups in total. The highest BCUT2D eigenvalue weighted by Crippen LogP contribution is 2.17. The summed E-state index contributed by atoms with van der Waals surface area (Å²) in [6.45, 7) is 0. The van der Waals surface area contributed by atoms with E-state index in [4.69, 9.17) is 9.47 Å². The molecule has 4 nitrogen and oxygen atoms in total. The van der Waals surface area contributed by atoms with Crippen LogP contribution in [0.5, 0.6) is 0 Å². The zero-order valence-electron chi connectivity index (χ0n) is 6.61. The van der Waals surface area contributed by atoms with Gasteiger partial charge in [0.05, 0.1) is 23.7 Å². The molecule has 1 saturated heterocycles. The van der Waals surface area contributed by atoms with E-state index in [0.29, 0.717) is 0 Å². The first kappa shape index (κ1) is 8.96. The normalized spacial score (nSPS) is 35.8. The maximum atomic E-state index is 11.0. The van der Waals surface area contributed by atoms with Crippen molar-refractivity contribution in [3.05, 3.63) is 0 Å². The number of sulfone groups is 1. The molecule has 0 aliphatic carbocycles. The van der Waals surface area contributed by atoms with Gasteiger partial charge in [0.1, 0.15) is 0 Å². The molecule has 0 radical (unpaired) electrons. The van der Waals surface area contributed by atoms with E-state index in [1.165, 1.54) is 14.2 Å². The monoisotopic (exact) mass is 180 g/mol. The topological polar surface area (TPSA) is 52.6 Å². The molecule has 1 fully saturated rings. The molecular formula is C6H12O4S. The van der Waals surface area contributed by atoms with Crippen molar-refractivity contribution in [2.75, 3.05) is 25.7 Å². The van der Waals surface area contributed by atoms with E-state index in [-0.39, 0.29) is 23.7 Å². The SMILES string of the molecule is COC1CS(=O)(=O)CC1OC. The number of ether oxygens (including phenoxy) is 2.